The summed E-state index contributed by atoms with van der Waals surface area (Å²) < 4.78 is 0. The molecule has 0 atom stereocenters. The van der Waals surface area contributed by atoms with Crippen molar-refractivity contribution in [1.82, 2.24) is 9.97 Å². The van der Waals surface area contributed by atoms with Crippen LogP contribution < -0.4 is 5.32 Å². The molecule has 4 heteroatoms. The van der Waals surface area contributed by atoms with E-state index in [1.807, 2.05) is 11.8 Å². The second-order valence-corrected chi connectivity index (χ2v) is 6.24. The van der Waals surface area contributed by atoms with E-state index in [0.717, 1.165) is 34.9 Å². The third-order valence-corrected chi connectivity index (χ3v) is 4.90. The van der Waals surface area contributed by atoms with Crippen LogP contribution in [-0.2, 0) is 5.75 Å². The Morgan fingerprint density at radius 1 is 1.22 bits per heavy atom. The Hall–Kier alpha value is -0.770. The molecule has 1 saturated carbocycles. The van der Waals surface area contributed by atoms with Crippen LogP contribution in [0.25, 0.3) is 0 Å². The SMILES string of the molecule is CCNc1nc(CSC2CCCC2)nc(C)c1C. The van der Waals surface area contributed by atoms with Crippen LogP contribution in [0.5, 0.6) is 0 Å². The molecule has 3 nitrogen and oxygen atoms in total. The highest BCUT2D eigenvalue weighted by Gasteiger charge is 2.16. The van der Waals surface area contributed by atoms with Gasteiger partial charge in [-0.2, -0.15) is 11.8 Å². The summed E-state index contributed by atoms with van der Waals surface area (Å²) in [5.41, 5.74) is 2.27. The van der Waals surface area contributed by atoms with Crippen molar-refractivity contribution >= 4 is 17.6 Å². The first-order valence-electron chi connectivity index (χ1n) is 6.90. The molecule has 0 radical (unpaired) electrons. The highest BCUT2D eigenvalue weighted by atomic mass is 32.2. The monoisotopic (exact) mass is 265 g/mol. The number of nitrogens with zero attached hydrogens (tertiary/aromatic N) is 2. The second-order valence-electron chi connectivity index (χ2n) is 4.95. The van der Waals surface area contributed by atoms with Crippen LogP contribution in [0.3, 0.4) is 0 Å². The molecule has 18 heavy (non-hydrogen) atoms. The quantitative estimate of drug-likeness (QED) is 0.881. The van der Waals surface area contributed by atoms with Crippen molar-refractivity contribution in [2.24, 2.45) is 0 Å². The Morgan fingerprint density at radius 2 is 1.94 bits per heavy atom. The van der Waals surface area contributed by atoms with Crippen LogP contribution >= 0.6 is 11.8 Å². The highest BCUT2D eigenvalue weighted by Crippen LogP contribution is 2.31. The average molecular weight is 265 g/mol. The average Bonchev–Trinajstić information content (AvgIpc) is 2.86. The van der Waals surface area contributed by atoms with Crippen molar-refractivity contribution < 1.29 is 0 Å². The van der Waals surface area contributed by atoms with Gasteiger partial charge in [0.15, 0.2) is 0 Å². The molecule has 2 rings (SSSR count). The van der Waals surface area contributed by atoms with Crippen LogP contribution in [0.15, 0.2) is 0 Å². The lowest BCUT2D eigenvalue weighted by molar-refractivity contribution is 0.886. The molecular formula is C14H23N3S. The predicted octanol–water partition coefficient (Wildman–Crippen LogP) is 3.70. The number of aryl methyl sites for hydroxylation is 1. The first-order valence-corrected chi connectivity index (χ1v) is 7.95. The van der Waals surface area contributed by atoms with Gasteiger partial charge in [0.2, 0.25) is 0 Å². The summed E-state index contributed by atoms with van der Waals surface area (Å²) in [7, 11) is 0. The molecule has 0 amide bonds. The van der Waals surface area contributed by atoms with Crippen molar-refractivity contribution in [3.63, 3.8) is 0 Å². The van der Waals surface area contributed by atoms with Crippen LogP contribution in [-0.4, -0.2) is 21.8 Å². The molecule has 0 aromatic carbocycles. The Labute approximate surface area is 114 Å². The Bertz CT molecular complexity index is 400. The maximum absolute atomic E-state index is 4.64. The fourth-order valence-electron chi connectivity index (χ4n) is 2.34. The van der Waals surface area contributed by atoms with Crippen LogP contribution in [0, 0.1) is 13.8 Å². The lowest BCUT2D eigenvalue weighted by atomic mass is 10.2. The van der Waals surface area contributed by atoms with E-state index in [9.17, 15) is 0 Å². The van der Waals surface area contributed by atoms with Gasteiger partial charge in [0.25, 0.3) is 0 Å². The molecule has 0 bridgehead atoms. The molecule has 0 unspecified atom stereocenters. The van der Waals surface area contributed by atoms with E-state index in [-0.39, 0.29) is 0 Å². The zero-order valence-electron chi connectivity index (χ0n) is 11.6. The summed E-state index contributed by atoms with van der Waals surface area (Å²) >= 11 is 2.03. The Balaban J connectivity index is 2.02. The zero-order chi connectivity index (χ0) is 13.0. The van der Waals surface area contributed by atoms with E-state index in [4.69, 9.17) is 0 Å². The van der Waals surface area contributed by atoms with E-state index in [1.165, 1.54) is 31.2 Å². The predicted molar refractivity (Wildman–Crippen MR) is 79.2 cm³/mol. The molecule has 0 saturated heterocycles. The molecule has 1 N–H and O–H groups in total. The Kier molecular flexibility index (Phi) is 4.87. The van der Waals surface area contributed by atoms with E-state index >= 15 is 0 Å². The molecule has 0 spiro atoms. The normalized spacial score (nSPS) is 16.2. The van der Waals surface area contributed by atoms with E-state index in [0.29, 0.717) is 0 Å². The van der Waals surface area contributed by atoms with Crippen molar-refractivity contribution in [3.05, 3.63) is 17.1 Å². The summed E-state index contributed by atoms with van der Waals surface area (Å²) in [6.45, 7) is 7.17. The van der Waals surface area contributed by atoms with Gasteiger partial charge < -0.3 is 5.32 Å². The number of thioether (sulfide) groups is 1. The fraction of sp³-hybridized carbons (Fsp3) is 0.714. The Morgan fingerprint density at radius 3 is 2.61 bits per heavy atom. The van der Waals surface area contributed by atoms with E-state index in [2.05, 4.69) is 36.1 Å². The molecule has 1 aromatic heterocycles. The van der Waals surface area contributed by atoms with Crippen molar-refractivity contribution in [2.45, 2.75) is 57.5 Å². The number of hydrogen-bond donors (Lipinski definition) is 1. The fourth-order valence-corrected chi connectivity index (χ4v) is 3.52. The smallest absolute Gasteiger partial charge is 0.140 e. The van der Waals surface area contributed by atoms with Gasteiger partial charge >= 0.3 is 0 Å². The van der Waals surface area contributed by atoms with Gasteiger partial charge in [-0.25, -0.2) is 9.97 Å². The largest absolute Gasteiger partial charge is 0.370 e. The standard InChI is InChI=1S/C14H23N3S/c1-4-15-14-10(2)11(3)16-13(17-14)9-18-12-7-5-6-8-12/h12H,4-9H2,1-3H3,(H,15,16,17). The van der Waals surface area contributed by atoms with Gasteiger partial charge in [0.05, 0.1) is 5.75 Å². The van der Waals surface area contributed by atoms with Gasteiger partial charge in [-0.05, 0) is 33.6 Å². The zero-order valence-corrected chi connectivity index (χ0v) is 12.4. The van der Waals surface area contributed by atoms with Crippen LogP contribution in [0.4, 0.5) is 5.82 Å². The van der Waals surface area contributed by atoms with Gasteiger partial charge in [-0.3, -0.25) is 0 Å². The number of rotatable bonds is 5. The first-order chi connectivity index (χ1) is 8.70. The molecule has 1 aliphatic carbocycles. The number of anilines is 1. The first kappa shape index (κ1) is 13.7. The number of hydrogen-bond acceptors (Lipinski definition) is 4. The molecule has 1 aliphatic rings. The summed E-state index contributed by atoms with van der Waals surface area (Å²) in [6.07, 6.45) is 5.54. The van der Waals surface area contributed by atoms with Gasteiger partial charge in [-0.15, -0.1) is 0 Å². The summed E-state index contributed by atoms with van der Waals surface area (Å²) in [4.78, 5) is 9.25. The molecule has 1 heterocycles. The maximum atomic E-state index is 4.64. The number of nitrogens with one attached hydrogen (secondary N) is 1. The second kappa shape index (κ2) is 6.41. The highest BCUT2D eigenvalue weighted by molar-refractivity contribution is 7.99. The molecule has 0 aliphatic heterocycles. The minimum atomic E-state index is 0.831. The topological polar surface area (TPSA) is 37.8 Å². The minimum Gasteiger partial charge on any atom is -0.370 e. The third-order valence-electron chi connectivity index (χ3n) is 3.53. The summed E-state index contributed by atoms with van der Waals surface area (Å²) in [5, 5.41) is 4.16. The van der Waals surface area contributed by atoms with Crippen molar-refractivity contribution in [3.8, 4) is 0 Å². The van der Waals surface area contributed by atoms with Gasteiger partial charge in [0, 0.05) is 23.1 Å². The van der Waals surface area contributed by atoms with Crippen molar-refractivity contribution in [2.75, 3.05) is 11.9 Å². The van der Waals surface area contributed by atoms with Crippen LogP contribution in [0.2, 0.25) is 0 Å². The summed E-state index contributed by atoms with van der Waals surface area (Å²) in [5.74, 6) is 2.93. The third kappa shape index (κ3) is 3.37. The molecular weight excluding hydrogens is 242 g/mol. The summed E-state index contributed by atoms with van der Waals surface area (Å²) in [6, 6.07) is 0. The molecule has 100 valence electrons. The van der Waals surface area contributed by atoms with Crippen molar-refractivity contribution in [1.29, 1.82) is 0 Å². The van der Waals surface area contributed by atoms with E-state index < -0.39 is 0 Å². The van der Waals surface area contributed by atoms with Crippen LogP contribution in [0.1, 0.15) is 49.7 Å². The van der Waals surface area contributed by atoms with E-state index in [1.54, 1.807) is 0 Å². The minimum absolute atomic E-state index is 0.831. The maximum Gasteiger partial charge on any atom is 0.140 e. The lowest BCUT2D eigenvalue weighted by Gasteiger charge is -2.12. The van der Waals surface area contributed by atoms with Gasteiger partial charge in [0.1, 0.15) is 11.6 Å². The number of aromatic nitrogens is 2. The molecule has 1 fully saturated rings. The lowest BCUT2D eigenvalue weighted by Crippen LogP contribution is -2.08. The molecule has 1 aromatic rings. The van der Waals surface area contributed by atoms with Gasteiger partial charge in [-0.1, -0.05) is 12.8 Å².